The number of amides is 1. The lowest BCUT2D eigenvalue weighted by atomic mass is 9.86. The number of nitrogens with one attached hydrogen (secondary N) is 1. The van der Waals surface area contributed by atoms with Crippen molar-refractivity contribution in [3.8, 4) is 5.75 Å². The maximum atomic E-state index is 12.0. The van der Waals surface area contributed by atoms with Crippen LogP contribution in [0.15, 0.2) is 18.2 Å². The van der Waals surface area contributed by atoms with E-state index in [-0.39, 0.29) is 18.6 Å². The molecule has 2 rings (SSSR count). The van der Waals surface area contributed by atoms with Gasteiger partial charge in [0.25, 0.3) is 5.91 Å². The molecule has 1 aliphatic rings. The fourth-order valence-corrected chi connectivity index (χ4v) is 3.30. The SMILES string of the molecule is C[C@@H]1CCCC[C@H]1NC(=O)COC(=O)[C@@H](C)Oc1ccc(Cl)cc1Cl. The fraction of sp³-hybridized carbons (Fsp3) is 0.556. The standard InChI is InChI=1S/C18H23Cl2NO4/c1-11-5-3-4-6-15(11)21-17(22)10-24-18(23)12(2)25-16-8-7-13(19)9-14(16)20/h7-9,11-12,15H,3-6,10H2,1-2H3,(H,21,22)/t11-,12-,15-/m1/s1. The molecule has 0 saturated heterocycles. The second-order valence-electron chi connectivity index (χ2n) is 6.38. The first-order valence-corrected chi connectivity index (χ1v) is 9.20. The molecule has 0 bridgehead atoms. The Hall–Kier alpha value is -1.46. The summed E-state index contributed by atoms with van der Waals surface area (Å²) < 4.78 is 10.5. The van der Waals surface area contributed by atoms with Crippen molar-refractivity contribution in [2.75, 3.05) is 6.61 Å². The highest BCUT2D eigenvalue weighted by Crippen LogP contribution is 2.28. The molecule has 0 spiro atoms. The maximum absolute atomic E-state index is 12.0. The van der Waals surface area contributed by atoms with Crippen LogP contribution in [0.3, 0.4) is 0 Å². The second kappa shape index (κ2) is 9.30. The third kappa shape index (κ3) is 6.08. The van der Waals surface area contributed by atoms with Crippen LogP contribution in [0.25, 0.3) is 0 Å². The number of hydrogen-bond donors (Lipinski definition) is 1. The van der Waals surface area contributed by atoms with E-state index in [0.29, 0.717) is 21.7 Å². The van der Waals surface area contributed by atoms with Crippen LogP contribution in [0.4, 0.5) is 0 Å². The summed E-state index contributed by atoms with van der Waals surface area (Å²) >= 11 is 11.8. The normalized spacial score (nSPS) is 21.3. The quantitative estimate of drug-likeness (QED) is 0.749. The van der Waals surface area contributed by atoms with Gasteiger partial charge in [-0.1, -0.05) is 43.0 Å². The first-order chi connectivity index (χ1) is 11.9. The number of carbonyl (C=O) groups is 2. The Balaban J connectivity index is 1.77. The first-order valence-electron chi connectivity index (χ1n) is 8.44. The maximum Gasteiger partial charge on any atom is 0.347 e. The molecule has 0 unspecified atom stereocenters. The highest BCUT2D eigenvalue weighted by Gasteiger charge is 2.24. The van der Waals surface area contributed by atoms with Crippen molar-refractivity contribution in [1.82, 2.24) is 5.32 Å². The van der Waals surface area contributed by atoms with Crippen molar-refractivity contribution in [3.05, 3.63) is 28.2 Å². The lowest BCUT2D eigenvalue weighted by Crippen LogP contribution is -2.43. The molecule has 25 heavy (non-hydrogen) atoms. The van der Waals surface area contributed by atoms with Gasteiger partial charge in [-0.05, 0) is 43.9 Å². The first kappa shape index (κ1) is 19.9. The van der Waals surface area contributed by atoms with E-state index < -0.39 is 12.1 Å². The van der Waals surface area contributed by atoms with Gasteiger partial charge in [-0.25, -0.2) is 4.79 Å². The zero-order chi connectivity index (χ0) is 18.4. The molecule has 1 fully saturated rings. The van der Waals surface area contributed by atoms with Crippen LogP contribution in [0.5, 0.6) is 5.75 Å². The molecule has 0 heterocycles. The number of carbonyl (C=O) groups excluding carboxylic acids is 2. The lowest BCUT2D eigenvalue weighted by molar-refractivity contribution is -0.155. The second-order valence-corrected chi connectivity index (χ2v) is 7.22. The Morgan fingerprint density at radius 3 is 2.68 bits per heavy atom. The van der Waals surface area contributed by atoms with E-state index in [1.54, 1.807) is 12.1 Å². The highest BCUT2D eigenvalue weighted by molar-refractivity contribution is 6.35. The fourth-order valence-electron chi connectivity index (χ4n) is 2.84. The van der Waals surface area contributed by atoms with Crippen LogP contribution in [0.2, 0.25) is 10.0 Å². The van der Waals surface area contributed by atoms with Crippen LogP contribution in [-0.2, 0) is 14.3 Å². The molecule has 0 aliphatic heterocycles. The van der Waals surface area contributed by atoms with E-state index in [1.165, 1.54) is 19.4 Å². The molecule has 1 amide bonds. The molecule has 0 aromatic heterocycles. The van der Waals surface area contributed by atoms with E-state index >= 15 is 0 Å². The van der Waals surface area contributed by atoms with Gasteiger partial charge in [-0.2, -0.15) is 0 Å². The van der Waals surface area contributed by atoms with Crippen molar-refractivity contribution in [3.63, 3.8) is 0 Å². The minimum atomic E-state index is -0.889. The Labute approximate surface area is 158 Å². The molecular weight excluding hydrogens is 365 g/mol. The zero-order valence-electron chi connectivity index (χ0n) is 14.4. The third-order valence-corrected chi connectivity index (χ3v) is 4.86. The molecule has 7 heteroatoms. The molecule has 3 atom stereocenters. The smallest absolute Gasteiger partial charge is 0.347 e. The van der Waals surface area contributed by atoms with Gasteiger partial charge < -0.3 is 14.8 Å². The largest absolute Gasteiger partial charge is 0.477 e. The summed E-state index contributed by atoms with van der Waals surface area (Å²) in [6, 6.07) is 4.86. The summed E-state index contributed by atoms with van der Waals surface area (Å²) in [5.41, 5.74) is 0. The van der Waals surface area contributed by atoms with Crippen LogP contribution >= 0.6 is 23.2 Å². The van der Waals surface area contributed by atoms with Gasteiger partial charge in [0.05, 0.1) is 5.02 Å². The summed E-state index contributed by atoms with van der Waals surface area (Å²) in [6.07, 6.45) is 3.50. The Kier molecular flexibility index (Phi) is 7.38. The number of hydrogen-bond acceptors (Lipinski definition) is 4. The predicted octanol–water partition coefficient (Wildman–Crippen LogP) is 4.00. The molecule has 0 radical (unpaired) electrons. The number of esters is 1. The van der Waals surface area contributed by atoms with Gasteiger partial charge in [0.2, 0.25) is 0 Å². The van der Waals surface area contributed by atoms with Crippen LogP contribution in [0.1, 0.15) is 39.5 Å². The number of ether oxygens (including phenoxy) is 2. The number of benzene rings is 1. The topological polar surface area (TPSA) is 64.6 Å². The van der Waals surface area contributed by atoms with Gasteiger partial charge in [0, 0.05) is 11.1 Å². The monoisotopic (exact) mass is 387 g/mol. The van der Waals surface area contributed by atoms with Crippen molar-refractivity contribution >= 4 is 35.1 Å². The molecule has 1 N–H and O–H groups in total. The Bertz CT molecular complexity index is 623. The lowest BCUT2D eigenvalue weighted by Gasteiger charge is -2.29. The zero-order valence-corrected chi connectivity index (χ0v) is 15.9. The van der Waals surface area contributed by atoms with Crippen LogP contribution < -0.4 is 10.1 Å². The molecule has 1 aromatic carbocycles. The van der Waals surface area contributed by atoms with Gasteiger partial charge in [0.15, 0.2) is 12.7 Å². The Morgan fingerprint density at radius 2 is 2.00 bits per heavy atom. The van der Waals surface area contributed by atoms with Gasteiger partial charge in [0.1, 0.15) is 5.75 Å². The predicted molar refractivity (Wildman–Crippen MR) is 97.1 cm³/mol. The molecular formula is C18H23Cl2NO4. The minimum Gasteiger partial charge on any atom is -0.477 e. The third-order valence-electron chi connectivity index (χ3n) is 4.33. The van der Waals surface area contributed by atoms with Gasteiger partial charge >= 0.3 is 5.97 Å². The van der Waals surface area contributed by atoms with Crippen molar-refractivity contribution in [1.29, 1.82) is 0 Å². The average Bonchev–Trinajstić information content (AvgIpc) is 2.57. The van der Waals surface area contributed by atoms with E-state index in [9.17, 15) is 9.59 Å². The highest BCUT2D eigenvalue weighted by atomic mass is 35.5. The average molecular weight is 388 g/mol. The Morgan fingerprint density at radius 1 is 1.28 bits per heavy atom. The van der Waals surface area contributed by atoms with Crippen molar-refractivity contribution < 1.29 is 19.1 Å². The number of rotatable bonds is 6. The molecule has 138 valence electrons. The van der Waals surface area contributed by atoms with E-state index in [4.69, 9.17) is 32.7 Å². The number of halogens is 2. The van der Waals surface area contributed by atoms with E-state index in [0.717, 1.165) is 19.3 Å². The summed E-state index contributed by atoms with van der Waals surface area (Å²) in [4.78, 5) is 24.0. The summed E-state index contributed by atoms with van der Waals surface area (Å²) in [6.45, 7) is 3.35. The van der Waals surface area contributed by atoms with Crippen molar-refractivity contribution in [2.24, 2.45) is 5.92 Å². The van der Waals surface area contributed by atoms with E-state index in [2.05, 4.69) is 12.2 Å². The molecule has 1 aromatic rings. The summed E-state index contributed by atoms with van der Waals surface area (Å²) in [5.74, 6) is -0.139. The molecule has 5 nitrogen and oxygen atoms in total. The molecule has 1 aliphatic carbocycles. The van der Waals surface area contributed by atoms with Crippen LogP contribution in [0, 0.1) is 5.92 Å². The van der Waals surface area contributed by atoms with E-state index in [1.807, 2.05) is 0 Å². The van der Waals surface area contributed by atoms with Crippen LogP contribution in [-0.4, -0.2) is 30.6 Å². The molecule has 1 saturated carbocycles. The van der Waals surface area contributed by atoms with Crippen molar-refractivity contribution in [2.45, 2.75) is 51.7 Å². The summed E-state index contributed by atoms with van der Waals surface area (Å²) in [7, 11) is 0. The van der Waals surface area contributed by atoms with Gasteiger partial charge in [-0.3, -0.25) is 4.79 Å². The van der Waals surface area contributed by atoms with Gasteiger partial charge in [-0.15, -0.1) is 0 Å². The summed E-state index contributed by atoms with van der Waals surface area (Å²) in [5, 5.41) is 3.71. The minimum absolute atomic E-state index is 0.154.